The van der Waals surface area contributed by atoms with Crippen LogP contribution in [-0.4, -0.2) is 32.0 Å². The van der Waals surface area contributed by atoms with Gasteiger partial charge < -0.3 is 9.47 Å². The lowest BCUT2D eigenvalue weighted by Crippen LogP contribution is -2.49. The van der Waals surface area contributed by atoms with Crippen molar-refractivity contribution in [2.75, 3.05) is 19.8 Å². The summed E-state index contributed by atoms with van der Waals surface area (Å²) in [5.74, 6) is 6.21. The lowest BCUT2D eigenvalue weighted by molar-refractivity contribution is -0.103. The molecule has 0 aromatic rings. The third kappa shape index (κ3) is 3.92. The van der Waals surface area contributed by atoms with Crippen molar-refractivity contribution in [2.45, 2.75) is 38.8 Å². The van der Waals surface area contributed by atoms with E-state index in [4.69, 9.17) is 15.3 Å². The second-order valence-corrected chi connectivity index (χ2v) is 4.23. The summed E-state index contributed by atoms with van der Waals surface area (Å²) >= 11 is 0. The molecule has 4 nitrogen and oxygen atoms in total. The molecule has 1 rings (SSSR count). The molecule has 1 aliphatic heterocycles. The standard InChI is InChI=1S/C10H22N2O2/c1-8(2)3-4-9(12-11)10-7-13-5-6-14-10/h8-10,12H,3-7,11H2,1-2H3. The molecule has 1 aliphatic rings. The molecular formula is C10H22N2O2. The van der Waals surface area contributed by atoms with Crippen LogP contribution in [0.15, 0.2) is 0 Å². The van der Waals surface area contributed by atoms with Gasteiger partial charge in [0.25, 0.3) is 0 Å². The van der Waals surface area contributed by atoms with Crippen LogP contribution in [0.2, 0.25) is 0 Å². The monoisotopic (exact) mass is 202 g/mol. The molecule has 3 N–H and O–H groups in total. The molecule has 0 bridgehead atoms. The highest BCUT2D eigenvalue weighted by atomic mass is 16.6. The van der Waals surface area contributed by atoms with E-state index in [0.717, 1.165) is 12.8 Å². The van der Waals surface area contributed by atoms with Crippen molar-refractivity contribution in [3.8, 4) is 0 Å². The van der Waals surface area contributed by atoms with Crippen LogP contribution in [0.3, 0.4) is 0 Å². The van der Waals surface area contributed by atoms with E-state index in [1.54, 1.807) is 0 Å². The molecule has 1 fully saturated rings. The Morgan fingerprint density at radius 3 is 2.64 bits per heavy atom. The molecule has 4 heteroatoms. The van der Waals surface area contributed by atoms with Gasteiger partial charge >= 0.3 is 0 Å². The maximum absolute atomic E-state index is 5.60. The zero-order valence-corrected chi connectivity index (χ0v) is 9.16. The first-order valence-electron chi connectivity index (χ1n) is 5.39. The smallest absolute Gasteiger partial charge is 0.0975 e. The normalized spacial score (nSPS) is 25.3. The molecule has 0 radical (unpaired) electrons. The molecule has 84 valence electrons. The first-order chi connectivity index (χ1) is 6.74. The predicted molar refractivity (Wildman–Crippen MR) is 55.7 cm³/mol. The van der Waals surface area contributed by atoms with Crippen molar-refractivity contribution in [3.05, 3.63) is 0 Å². The summed E-state index contributed by atoms with van der Waals surface area (Å²) < 4.78 is 10.9. The summed E-state index contributed by atoms with van der Waals surface area (Å²) in [6.45, 7) is 6.48. The van der Waals surface area contributed by atoms with Gasteiger partial charge in [0.15, 0.2) is 0 Å². The van der Waals surface area contributed by atoms with Gasteiger partial charge in [-0.25, -0.2) is 0 Å². The fraction of sp³-hybridized carbons (Fsp3) is 1.00. The maximum Gasteiger partial charge on any atom is 0.0975 e. The maximum atomic E-state index is 5.60. The van der Waals surface area contributed by atoms with E-state index in [9.17, 15) is 0 Å². The Morgan fingerprint density at radius 2 is 2.14 bits per heavy atom. The summed E-state index contributed by atoms with van der Waals surface area (Å²) in [7, 11) is 0. The number of hydrogen-bond acceptors (Lipinski definition) is 4. The number of nitrogens with one attached hydrogen (secondary N) is 1. The highest BCUT2D eigenvalue weighted by Crippen LogP contribution is 2.13. The second kappa shape index (κ2) is 6.35. The van der Waals surface area contributed by atoms with Gasteiger partial charge in [-0.1, -0.05) is 13.8 Å². The van der Waals surface area contributed by atoms with E-state index >= 15 is 0 Å². The van der Waals surface area contributed by atoms with Crippen molar-refractivity contribution >= 4 is 0 Å². The average molecular weight is 202 g/mol. The molecule has 0 aromatic carbocycles. The molecule has 2 unspecified atom stereocenters. The Labute approximate surface area is 86.1 Å². The number of nitrogens with two attached hydrogens (primary N) is 1. The van der Waals surface area contributed by atoms with Gasteiger partial charge in [0, 0.05) is 6.04 Å². The second-order valence-electron chi connectivity index (χ2n) is 4.23. The van der Waals surface area contributed by atoms with Crippen LogP contribution in [0.4, 0.5) is 0 Å². The molecule has 2 atom stereocenters. The Balaban J connectivity index is 2.28. The van der Waals surface area contributed by atoms with Crippen LogP contribution in [-0.2, 0) is 9.47 Å². The van der Waals surface area contributed by atoms with Crippen molar-refractivity contribution in [3.63, 3.8) is 0 Å². The van der Waals surface area contributed by atoms with Gasteiger partial charge in [0.05, 0.1) is 25.9 Å². The van der Waals surface area contributed by atoms with E-state index in [0.29, 0.717) is 25.7 Å². The Kier molecular flexibility index (Phi) is 5.40. The van der Waals surface area contributed by atoms with Gasteiger partial charge in [0.1, 0.15) is 0 Å². The van der Waals surface area contributed by atoms with Crippen LogP contribution >= 0.6 is 0 Å². The Bertz CT molecular complexity index is 147. The fourth-order valence-corrected chi connectivity index (χ4v) is 1.63. The zero-order chi connectivity index (χ0) is 10.4. The quantitative estimate of drug-likeness (QED) is 0.508. The van der Waals surface area contributed by atoms with E-state index in [-0.39, 0.29) is 12.1 Å². The van der Waals surface area contributed by atoms with Crippen molar-refractivity contribution in [2.24, 2.45) is 11.8 Å². The fourth-order valence-electron chi connectivity index (χ4n) is 1.63. The van der Waals surface area contributed by atoms with E-state index in [1.807, 2.05) is 0 Å². The molecule has 0 aliphatic carbocycles. The molecule has 1 heterocycles. The van der Waals surface area contributed by atoms with Gasteiger partial charge in [0.2, 0.25) is 0 Å². The van der Waals surface area contributed by atoms with Gasteiger partial charge in [-0.2, -0.15) is 0 Å². The van der Waals surface area contributed by atoms with Crippen molar-refractivity contribution in [1.82, 2.24) is 5.43 Å². The minimum Gasteiger partial charge on any atom is -0.376 e. The molecule has 1 saturated heterocycles. The Hall–Kier alpha value is -0.160. The predicted octanol–water partition coefficient (Wildman–Crippen LogP) is 0.670. The highest BCUT2D eigenvalue weighted by molar-refractivity contribution is 4.77. The average Bonchev–Trinajstić information content (AvgIpc) is 2.20. The zero-order valence-electron chi connectivity index (χ0n) is 9.16. The summed E-state index contributed by atoms with van der Waals surface area (Å²) in [5, 5.41) is 0. The summed E-state index contributed by atoms with van der Waals surface area (Å²) in [5.41, 5.74) is 2.82. The molecule has 0 aromatic heterocycles. The van der Waals surface area contributed by atoms with Gasteiger partial charge in [-0.05, 0) is 18.8 Å². The highest BCUT2D eigenvalue weighted by Gasteiger charge is 2.23. The molecule has 14 heavy (non-hydrogen) atoms. The minimum atomic E-state index is 0.118. The molecular weight excluding hydrogens is 180 g/mol. The van der Waals surface area contributed by atoms with Crippen LogP contribution in [0, 0.1) is 5.92 Å². The van der Waals surface area contributed by atoms with Crippen molar-refractivity contribution in [1.29, 1.82) is 0 Å². The lowest BCUT2D eigenvalue weighted by Gasteiger charge is -2.30. The molecule has 0 amide bonds. The summed E-state index contributed by atoms with van der Waals surface area (Å²) in [6.07, 6.45) is 2.32. The van der Waals surface area contributed by atoms with Gasteiger partial charge in [-0.15, -0.1) is 0 Å². The topological polar surface area (TPSA) is 56.5 Å². The van der Waals surface area contributed by atoms with Crippen LogP contribution in [0.25, 0.3) is 0 Å². The SMILES string of the molecule is CC(C)CCC(NN)C1COCCO1. The number of ether oxygens (including phenoxy) is 2. The minimum absolute atomic E-state index is 0.118. The third-order valence-corrected chi connectivity index (χ3v) is 2.56. The van der Waals surface area contributed by atoms with E-state index < -0.39 is 0 Å². The van der Waals surface area contributed by atoms with Crippen LogP contribution < -0.4 is 11.3 Å². The lowest BCUT2D eigenvalue weighted by atomic mass is 10.00. The largest absolute Gasteiger partial charge is 0.376 e. The first kappa shape index (κ1) is 11.9. The molecule has 0 spiro atoms. The van der Waals surface area contributed by atoms with Crippen LogP contribution in [0.1, 0.15) is 26.7 Å². The van der Waals surface area contributed by atoms with Crippen LogP contribution in [0.5, 0.6) is 0 Å². The van der Waals surface area contributed by atoms with E-state index in [2.05, 4.69) is 19.3 Å². The first-order valence-corrected chi connectivity index (χ1v) is 5.39. The summed E-state index contributed by atoms with van der Waals surface area (Å²) in [6, 6.07) is 0.220. The third-order valence-electron chi connectivity index (χ3n) is 2.56. The van der Waals surface area contributed by atoms with Crippen molar-refractivity contribution < 1.29 is 9.47 Å². The van der Waals surface area contributed by atoms with Gasteiger partial charge in [-0.3, -0.25) is 11.3 Å². The number of hydrazine groups is 1. The molecule has 0 saturated carbocycles. The van der Waals surface area contributed by atoms with E-state index in [1.165, 1.54) is 0 Å². The number of hydrogen-bond donors (Lipinski definition) is 2. The number of rotatable bonds is 5. The summed E-state index contributed by atoms with van der Waals surface area (Å²) in [4.78, 5) is 0. The Morgan fingerprint density at radius 1 is 1.36 bits per heavy atom.